The first-order valence-electron chi connectivity index (χ1n) is 5.03. The van der Waals surface area contributed by atoms with Crippen LogP contribution in [0.15, 0.2) is 16.6 Å². The maximum absolute atomic E-state index is 11.6. The Morgan fingerprint density at radius 3 is 2.56 bits per heavy atom. The average molecular weight is 286 g/mol. The topological polar surface area (TPSA) is 67.2 Å². The predicted octanol–water partition coefficient (Wildman–Crippen LogP) is 2.18. The van der Waals surface area contributed by atoms with Gasteiger partial charge >= 0.3 is 0 Å². The molecule has 1 aromatic carbocycles. The van der Waals surface area contributed by atoms with E-state index in [9.17, 15) is 4.79 Å². The molecule has 0 aromatic heterocycles. The van der Waals surface area contributed by atoms with E-state index in [4.69, 9.17) is 5.84 Å². The summed E-state index contributed by atoms with van der Waals surface area (Å²) in [4.78, 5) is 11.6. The third kappa shape index (κ3) is 2.96. The Morgan fingerprint density at radius 2 is 2.06 bits per heavy atom. The smallest absolute Gasteiger partial charge is 0.267 e. The van der Waals surface area contributed by atoms with Gasteiger partial charge < -0.3 is 5.32 Å². The van der Waals surface area contributed by atoms with Gasteiger partial charge in [-0.25, -0.2) is 5.84 Å². The maximum Gasteiger partial charge on any atom is 0.267 e. The van der Waals surface area contributed by atoms with E-state index in [1.807, 2.05) is 26.8 Å². The molecule has 4 nitrogen and oxygen atoms in total. The van der Waals surface area contributed by atoms with Crippen molar-refractivity contribution in [2.45, 2.75) is 26.8 Å². The minimum Gasteiger partial charge on any atom is -0.381 e. The molecular formula is C11H16BrN3O. The molecule has 0 radical (unpaired) electrons. The van der Waals surface area contributed by atoms with Crippen molar-refractivity contribution in [1.29, 1.82) is 0 Å². The van der Waals surface area contributed by atoms with Crippen molar-refractivity contribution in [3.05, 3.63) is 27.7 Å². The van der Waals surface area contributed by atoms with Gasteiger partial charge in [0.2, 0.25) is 0 Å². The van der Waals surface area contributed by atoms with Crippen LogP contribution in [0.3, 0.4) is 0 Å². The number of aryl methyl sites for hydroxylation is 1. The average Bonchev–Trinajstić information content (AvgIpc) is 2.20. The number of benzene rings is 1. The minimum atomic E-state index is -0.299. The number of hydrazine groups is 1. The van der Waals surface area contributed by atoms with Crippen molar-refractivity contribution in [3.63, 3.8) is 0 Å². The second kappa shape index (κ2) is 5.32. The number of amides is 1. The first-order chi connectivity index (χ1) is 7.45. The first kappa shape index (κ1) is 13.0. The fraction of sp³-hybridized carbons (Fsp3) is 0.364. The Bertz CT molecular complexity index is 404. The molecule has 0 bridgehead atoms. The largest absolute Gasteiger partial charge is 0.381 e. The van der Waals surface area contributed by atoms with Crippen molar-refractivity contribution in [2.24, 2.45) is 5.84 Å². The predicted molar refractivity (Wildman–Crippen MR) is 69.3 cm³/mol. The first-order valence-corrected chi connectivity index (χ1v) is 5.82. The van der Waals surface area contributed by atoms with Gasteiger partial charge in [-0.05, 0) is 54.4 Å². The number of carbonyl (C=O) groups is 1. The molecule has 0 heterocycles. The lowest BCUT2D eigenvalue weighted by Crippen LogP contribution is -2.31. The molecule has 16 heavy (non-hydrogen) atoms. The van der Waals surface area contributed by atoms with Crippen LogP contribution in [0.4, 0.5) is 5.69 Å². The van der Waals surface area contributed by atoms with Crippen molar-refractivity contribution in [2.75, 3.05) is 5.32 Å². The normalized spacial score (nSPS) is 10.4. The zero-order chi connectivity index (χ0) is 12.3. The molecule has 0 aliphatic rings. The van der Waals surface area contributed by atoms with Crippen LogP contribution in [0.1, 0.15) is 29.8 Å². The number of hydrogen-bond acceptors (Lipinski definition) is 3. The summed E-state index contributed by atoms with van der Waals surface area (Å²) in [6, 6.07) is 4.00. The van der Waals surface area contributed by atoms with E-state index in [1.165, 1.54) is 0 Å². The van der Waals surface area contributed by atoms with Crippen LogP contribution in [0.5, 0.6) is 0 Å². The number of nitrogens with two attached hydrogens (primary N) is 1. The minimum absolute atomic E-state index is 0.239. The fourth-order valence-electron chi connectivity index (χ4n) is 1.43. The summed E-state index contributed by atoms with van der Waals surface area (Å²) >= 11 is 3.44. The highest BCUT2D eigenvalue weighted by molar-refractivity contribution is 9.10. The highest BCUT2D eigenvalue weighted by Crippen LogP contribution is 2.28. The number of nitrogens with one attached hydrogen (secondary N) is 2. The van der Waals surface area contributed by atoms with E-state index in [2.05, 4.69) is 26.7 Å². The van der Waals surface area contributed by atoms with Crippen LogP contribution in [0.2, 0.25) is 0 Å². The zero-order valence-corrected chi connectivity index (χ0v) is 11.2. The van der Waals surface area contributed by atoms with Gasteiger partial charge in [-0.2, -0.15) is 0 Å². The van der Waals surface area contributed by atoms with Gasteiger partial charge in [0.15, 0.2) is 0 Å². The van der Waals surface area contributed by atoms with E-state index in [-0.39, 0.29) is 11.9 Å². The SMILES string of the molecule is Cc1cc(Br)c(NC(C)C)c(C(=O)NN)c1. The van der Waals surface area contributed by atoms with E-state index in [0.29, 0.717) is 5.56 Å². The van der Waals surface area contributed by atoms with Crippen molar-refractivity contribution in [1.82, 2.24) is 5.43 Å². The summed E-state index contributed by atoms with van der Waals surface area (Å²) in [6.07, 6.45) is 0. The van der Waals surface area contributed by atoms with Crippen LogP contribution in [-0.4, -0.2) is 11.9 Å². The highest BCUT2D eigenvalue weighted by atomic mass is 79.9. The molecule has 0 atom stereocenters. The molecule has 0 aliphatic heterocycles. The second-order valence-electron chi connectivity index (χ2n) is 3.94. The van der Waals surface area contributed by atoms with Gasteiger partial charge in [0.05, 0.1) is 11.3 Å². The number of anilines is 1. The summed E-state index contributed by atoms with van der Waals surface area (Å²) in [5.74, 6) is 4.86. The summed E-state index contributed by atoms with van der Waals surface area (Å²) in [6.45, 7) is 5.95. The van der Waals surface area contributed by atoms with E-state index in [1.54, 1.807) is 6.07 Å². The molecule has 0 spiro atoms. The number of nitrogen functional groups attached to an aromatic ring is 1. The van der Waals surface area contributed by atoms with Crippen LogP contribution in [-0.2, 0) is 0 Å². The molecule has 5 heteroatoms. The number of carbonyl (C=O) groups excluding carboxylic acids is 1. The van der Waals surface area contributed by atoms with Crippen LogP contribution in [0, 0.1) is 6.92 Å². The Morgan fingerprint density at radius 1 is 1.44 bits per heavy atom. The van der Waals surface area contributed by atoms with Gasteiger partial charge in [0, 0.05) is 10.5 Å². The molecule has 1 aromatic rings. The number of hydrogen-bond donors (Lipinski definition) is 3. The number of halogens is 1. The van der Waals surface area contributed by atoms with E-state index < -0.39 is 0 Å². The summed E-state index contributed by atoms with van der Waals surface area (Å²) < 4.78 is 0.861. The molecule has 1 amide bonds. The van der Waals surface area contributed by atoms with Gasteiger partial charge in [-0.15, -0.1) is 0 Å². The van der Waals surface area contributed by atoms with Crippen molar-refractivity contribution >= 4 is 27.5 Å². The molecule has 0 aliphatic carbocycles. The molecular weight excluding hydrogens is 270 g/mol. The van der Waals surface area contributed by atoms with E-state index in [0.717, 1.165) is 15.7 Å². The molecule has 1 rings (SSSR count). The Balaban J connectivity index is 3.26. The standard InChI is InChI=1S/C11H16BrN3O/c1-6(2)14-10-8(11(16)15-13)4-7(3)5-9(10)12/h4-6,14H,13H2,1-3H3,(H,15,16). The molecule has 88 valence electrons. The lowest BCUT2D eigenvalue weighted by atomic mass is 10.1. The fourth-order valence-corrected chi connectivity index (χ4v) is 2.12. The third-order valence-electron chi connectivity index (χ3n) is 2.04. The summed E-state index contributed by atoms with van der Waals surface area (Å²) in [5.41, 5.74) is 4.46. The lowest BCUT2D eigenvalue weighted by molar-refractivity contribution is 0.0954. The molecule has 4 N–H and O–H groups in total. The number of rotatable bonds is 3. The van der Waals surface area contributed by atoms with Crippen LogP contribution < -0.4 is 16.6 Å². The van der Waals surface area contributed by atoms with Crippen LogP contribution >= 0.6 is 15.9 Å². The quantitative estimate of drug-likeness (QED) is 0.453. The lowest BCUT2D eigenvalue weighted by Gasteiger charge is -2.16. The summed E-state index contributed by atoms with van der Waals surface area (Å²) in [5, 5.41) is 3.22. The van der Waals surface area contributed by atoms with Crippen molar-refractivity contribution < 1.29 is 4.79 Å². The molecule has 0 saturated heterocycles. The second-order valence-corrected chi connectivity index (χ2v) is 4.80. The summed E-state index contributed by atoms with van der Waals surface area (Å²) in [7, 11) is 0. The van der Waals surface area contributed by atoms with Gasteiger partial charge in [0.1, 0.15) is 0 Å². The van der Waals surface area contributed by atoms with Gasteiger partial charge in [0.25, 0.3) is 5.91 Å². The Kier molecular flexibility index (Phi) is 4.32. The maximum atomic E-state index is 11.6. The molecule has 0 fully saturated rings. The third-order valence-corrected chi connectivity index (χ3v) is 2.67. The van der Waals surface area contributed by atoms with Crippen molar-refractivity contribution in [3.8, 4) is 0 Å². The molecule has 0 saturated carbocycles. The van der Waals surface area contributed by atoms with E-state index >= 15 is 0 Å². The monoisotopic (exact) mass is 285 g/mol. The Hall–Kier alpha value is -1.07. The van der Waals surface area contributed by atoms with Gasteiger partial charge in [-0.3, -0.25) is 10.2 Å². The Labute approximate surface area is 104 Å². The van der Waals surface area contributed by atoms with Crippen LogP contribution in [0.25, 0.3) is 0 Å². The highest BCUT2D eigenvalue weighted by Gasteiger charge is 2.14. The zero-order valence-electron chi connectivity index (χ0n) is 9.60. The van der Waals surface area contributed by atoms with Gasteiger partial charge in [-0.1, -0.05) is 0 Å². The molecule has 0 unspecified atom stereocenters.